The summed E-state index contributed by atoms with van der Waals surface area (Å²) in [6, 6.07) is 9.29. The number of carbonyl (C=O) groups excluding carboxylic acids is 1. The highest BCUT2D eigenvalue weighted by atomic mass is 16.7. The number of carbonyl (C=O) groups is 1. The van der Waals surface area contributed by atoms with Crippen LogP contribution in [0, 0.1) is 0 Å². The minimum Gasteiger partial charge on any atom is -0.508 e. The van der Waals surface area contributed by atoms with E-state index in [0.29, 0.717) is 5.56 Å². The van der Waals surface area contributed by atoms with Gasteiger partial charge in [0.25, 0.3) is 0 Å². The van der Waals surface area contributed by atoms with Crippen LogP contribution in [0.2, 0.25) is 0 Å². The lowest BCUT2D eigenvalue weighted by Crippen LogP contribution is -2.60. The predicted octanol–water partition coefficient (Wildman–Crippen LogP) is -0.586. The number of benzene rings is 2. The van der Waals surface area contributed by atoms with Crippen LogP contribution in [-0.2, 0) is 15.9 Å². The Morgan fingerprint density at radius 3 is 2.19 bits per heavy atom. The first-order chi connectivity index (χ1) is 14.7. The van der Waals surface area contributed by atoms with E-state index in [4.69, 9.17) is 9.47 Å². The molecule has 0 radical (unpaired) electrons. The summed E-state index contributed by atoms with van der Waals surface area (Å²) in [7, 11) is 0. The van der Waals surface area contributed by atoms with Crippen LogP contribution in [0.3, 0.4) is 0 Å². The van der Waals surface area contributed by atoms with Crippen LogP contribution in [0.15, 0.2) is 42.5 Å². The molecule has 1 heterocycles. The summed E-state index contributed by atoms with van der Waals surface area (Å²) in [5.41, 5.74) is 0.408. The highest BCUT2D eigenvalue weighted by molar-refractivity contribution is 6.02. The zero-order chi connectivity index (χ0) is 22.7. The Morgan fingerprint density at radius 1 is 0.935 bits per heavy atom. The molecular weight excluding hydrogens is 412 g/mol. The lowest BCUT2D eigenvalue weighted by Gasteiger charge is -2.40. The number of phenols is 3. The van der Waals surface area contributed by atoms with Crippen molar-refractivity contribution in [2.45, 2.75) is 43.2 Å². The van der Waals surface area contributed by atoms with Gasteiger partial charge < -0.3 is 45.2 Å². The van der Waals surface area contributed by atoms with Crippen LogP contribution in [0.1, 0.15) is 15.9 Å². The van der Waals surface area contributed by atoms with Gasteiger partial charge in [-0.05, 0) is 29.8 Å². The Balaban J connectivity index is 1.89. The number of Topliss-reactive ketones (excluding diaryl/α,β-unsaturated/α-hetero) is 1. The fourth-order valence-electron chi connectivity index (χ4n) is 3.29. The Hall–Kier alpha value is -2.73. The van der Waals surface area contributed by atoms with Gasteiger partial charge in [0.05, 0.1) is 12.2 Å². The Morgan fingerprint density at radius 2 is 1.58 bits per heavy atom. The lowest BCUT2D eigenvalue weighted by atomic mass is 9.97. The van der Waals surface area contributed by atoms with E-state index >= 15 is 0 Å². The molecule has 1 saturated heterocycles. The molecule has 10 nitrogen and oxygen atoms in total. The Labute approximate surface area is 177 Å². The first-order valence-electron chi connectivity index (χ1n) is 9.51. The highest BCUT2D eigenvalue weighted by Gasteiger charge is 2.45. The van der Waals surface area contributed by atoms with E-state index in [1.807, 2.05) is 0 Å². The maximum Gasteiger partial charge on any atom is 0.195 e. The van der Waals surface area contributed by atoms with Gasteiger partial charge in [0.15, 0.2) is 12.1 Å². The van der Waals surface area contributed by atoms with Crippen molar-refractivity contribution in [3.63, 3.8) is 0 Å². The number of rotatable bonds is 7. The second-order valence-electron chi connectivity index (χ2n) is 7.26. The molecule has 1 fully saturated rings. The summed E-state index contributed by atoms with van der Waals surface area (Å²) < 4.78 is 11.0. The zero-order valence-corrected chi connectivity index (χ0v) is 16.3. The van der Waals surface area contributed by atoms with E-state index in [0.717, 1.165) is 6.07 Å². The van der Waals surface area contributed by atoms with Crippen LogP contribution in [0.5, 0.6) is 17.2 Å². The maximum absolute atomic E-state index is 13.1. The molecule has 31 heavy (non-hydrogen) atoms. The quantitative estimate of drug-likeness (QED) is 0.278. The van der Waals surface area contributed by atoms with Crippen LogP contribution >= 0.6 is 0 Å². The van der Waals surface area contributed by atoms with Crippen molar-refractivity contribution in [1.29, 1.82) is 0 Å². The summed E-state index contributed by atoms with van der Waals surface area (Å²) in [6.07, 6.45) is -9.19. The average Bonchev–Trinajstić information content (AvgIpc) is 2.74. The fourth-order valence-corrected chi connectivity index (χ4v) is 3.29. The summed E-state index contributed by atoms with van der Waals surface area (Å²) in [4.78, 5) is 13.1. The maximum atomic E-state index is 13.1. The normalized spacial score (nSPS) is 27.0. The van der Waals surface area contributed by atoms with Crippen LogP contribution < -0.4 is 0 Å². The minimum absolute atomic E-state index is 0.0117. The van der Waals surface area contributed by atoms with Crippen molar-refractivity contribution in [1.82, 2.24) is 0 Å². The van der Waals surface area contributed by atoms with Gasteiger partial charge in [0.1, 0.15) is 47.8 Å². The van der Waals surface area contributed by atoms with Crippen LogP contribution in [0.25, 0.3) is 0 Å². The van der Waals surface area contributed by atoms with Gasteiger partial charge in [-0.15, -0.1) is 0 Å². The van der Waals surface area contributed by atoms with Crippen molar-refractivity contribution in [3.8, 4) is 17.2 Å². The first-order valence-corrected chi connectivity index (χ1v) is 9.51. The van der Waals surface area contributed by atoms with Crippen molar-refractivity contribution >= 4 is 5.78 Å². The lowest BCUT2D eigenvalue weighted by molar-refractivity contribution is -0.306. The van der Waals surface area contributed by atoms with Crippen molar-refractivity contribution in [2.75, 3.05) is 6.61 Å². The molecule has 6 atom stereocenters. The average molecular weight is 436 g/mol. The van der Waals surface area contributed by atoms with Gasteiger partial charge in [-0.25, -0.2) is 0 Å². The van der Waals surface area contributed by atoms with E-state index in [-0.39, 0.29) is 23.5 Å². The number of aromatic hydroxyl groups is 3. The summed E-state index contributed by atoms with van der Waals surface area (Å²) in [6.45, 7) is -0.667. The predicted molar refractivity (Wildman–Crippen MR) is 105 cm³/mol. The number of hydrogen-bond donors (Lipinski definition) is 7. The molecule has 1 aliphatic rings. The van der Waals surface area contributed by atoms with Gasteiger partial charge in [-0.2, -0.15) is 0 Å². The van der Waals surface area contributed by atoms with Crippen molar-refractivity contribution in [2.24, 2.45) is 0 Å². The molecule has 3 rings (SSSR count). The van der Waals surface area contributed by atoms with E-state index in [2.05, 4.69) is 0 Å². The molecule has 2 aromatic rings. The largest absolute Gasteiger partial charge is 0.508 e. The summed E-state index contributed by atoms with van der Waals surface area (Å²) >= 11 is 0. The molecule has 2 aromatic carbocycles. The monoisotopic (exact) mass is 436 g/mol. The first kappa shape index (κ1) is 22.9. The number of aliphatic hydroxyl groups is 4. The van der Waals surface area contributed by atoms with Gasteiger partial charge >= 0.3 is 0 Å². The molecule has 7 N–H and O–H groups in total. The molecular formula is C21H24O10. The fraction of sp³-hybridized carbons (Fsp3) is 0.381. The van der Waals surface area contributed by atoms with Gasteiger partial charge in [-0.3, -0.25) is 4.79 Å². The Bertz CT molecular complexity index is 898. The van der Waals surface area contributed by atoms with E-state index in [1.54, 1.807) is 12.1 Å². The highest BCUT2D eigenvalue weighted by Crippen LogP contribution is 2.28. The van der Waals surface area contributed by atoms with E-state index in [9.17, 15) is 40.5 Å². The molecule has 1 aliphatic heterocycles. The number of aliphatic hydroxyl groups excluding tert-OH is 4. The van der Waals surface area contributed by atoms with E-state index < -0.39 is 54.9 Å². The smallest absolute Gasteiger partial charge is 0.195 e. The molecule has 0 amide bonds. The molecule has 0 aromatic heterocycles. The molecule has 0 saturated carbocycles. The Kier molecular flexibility index (Phi) is 7.11. The third kappa shape index (κ3) is 5.13. The standard InChI is InChI=1S/C21H24O10/c22-9-16-18(27)19(28)20(29)21(31-16)30-15(7-10-1-3-11(23)4-2-10)17(26)13-6-5-12(24)8-14(13)25/h1-6,8,15-16,18-25,27-29H,7,9H2/t15-,16-,18-,19+,20-,21-/m1/s1. The molecule has 0 unspecified atom stereocenters. The van der Waals surface area contributed by atoms with Gasteiger partial charge in [0.2, 0.25) is 0 Å². The molecule has 0 aliphatic carbocycles. The zero-order valence-electron chi connectivity index (χ0n) is 16.3. The van der Waals surface area contributed by atoms with Crippen LogP contribution in [-0.4, -0.2) is 84.9 Å². The third-order valence-corrected chi connectivity index (χ3v) is 5.04. The van der Waals surface area contributed by atoms with Crippen LogP contribution in [0.4, 0.5) is 0 Å². The molecule has 0 spiro atoms. The number of ketones is 1. The SMILES string of the molecule is O=C(c1ccc(O)cc1O)[C@@H](Cc1ccc(O)cc1)O[C@@H]1O[C@H](CO)[C@@H](O)[C@H](O)[C@H]1O. The number of hydrogen-bond acceptors (Lipinski definition) is 10. The minimum atomic E-state index is -1.72. The molecule has 0 bridgehead atoms. The van der Waals surface area contributed by atoms with Gasteiger partial charge in [0, 0.05) is 12.5 Å². The third-order valence-electron chi connectivity index (χ3n) is 5.04. The number of phenolic OH excluding ortho intramolecular Hbond substituents is 3. The summed E-state index contributed by atoms with van der Waals surface area (Å²) in [5.74, 6) is -1.43. The van der Waals surface area contributed by atoms with Crippen molar-refractivity contribution in [3.05, 3.63) is 53.6 Å². The van der Waals surface area contributed by atoms with Crippen molar-refractivity contribution < 1.29 is 50.0 Å². The topological polar surface area (TPSA) is 177 Å². The number of ether oxygens (including phenoxy) is 2. The molecule has 168 valence electrons. The second kappa shape index (κ2) is 9.60. The summed E-state index contributed by atoms with van der Waals surface area (Å²) in [5, 5.41) is 68.5. The van der Waals surface area contributed by atoms with E-state index in [1.165, 1.54) is 24.3 Å². The second-order valence-corrected chi connectivity index (χ2v) is 7.26. The molecule has 10 heteroatoms. The van der Waals surface area contributed by atoms with Gasteiger partial charge in [-0.1, -0.05) is 12.1 Å².